The van der Waals surface area contributed by atoms with Crippen molar-refractivity contribution in [3.05, 3.63) is 40.4 Å². The van der Waals surface area contributed by atoms with Gasteiger partial charge in [0, 0.05) is 16.0 Å². The average molecular weight is 368 g/mol. The highest BCUT2D eigenvalue weighted by atomic mass is 35.5. The first kappa shape index (κ1) is 17.9. The molecule has 0 aliphatic carbocycles. The molecule has 0 bridgehead atoms. The standard InChI is InChI=1S/C15H14ClN3O4S/c16-10-3-1-9(2-4-10)15-19-11(8-24-15)5-12(20)17-6-13(21)18-7-14(22)23/h1-4,8H,5-7H2,(H,17,20)(H,18,21)(H,22,23). The van der Waals surface area contributed by atoms with Crippen molar-refractivity contribution in [1.82, 2.24) is 15.6 Å². The third-order valence-corrected chi connectivity index (χ3v) is 4.06. The quantitative estimate of drug-likeness (QED) is 0.684. The molecule has 7 nitrogen and oxygen atoms in total. The lowest BCUT2D eigenvalue weighted by molar-refractivity contribution is -0.137. The molecule has 0 aliphatic rings. The average Bonchev–Trinajstić information content (AvgIpc) is 3.00. The Kier molecular flexibility index (Phi) is 6.28. The summed E-state index contributed by atoms with van der Waals surface area (Å²) in [6.07, 6.45) is 0.0380. The normalized spacial score (nSPS) is 10.2. The summed E-state index contributed by atoms with van der Waals surface area (Å²) in [4.78, 5) is 37.8. The highest BCUT2D eigenvalue weighted by molar-refractivity contribution is 7.13. The molecule has 2 rings (SSSR count). The fourth-order valence-electron chi connectivity index (χ4n) is 1.76. The van der Waals surface area contributed by atoms with Crippen LogP contribution >= 0.6 is 22.9 Å². The van der Waals surface area contributed by atoms with Gasteiger partial charge < -0.3 is 15.7 Å². The summed E-state index contributed by atoms with van der Waals surface area (Å²) in [7, 11) is 0. The van der Waals surface area contributed by atoms with Gasteiger partial charge >= 0.3 is 5.97 Å². The van der Waals surface area contributed by atoms with E-state index in [9.17, 15) is 14.4 Å². The summed E-state index contributed by atoms with van der Waals surface area (Å²) in [6, 6.07) is 7.22. The molecule has 0 saturated carbocycles. The number of aromatic nitrogens is 1. The minimum Gasteiger partial charge on any atom is -0.480 e. The van der Waals surface area contributed by atoms with Crippen LogP contribution in [0.3, 0.4) is 0 Å². The number of hydrogen-bond donors (Lipinski definition) is 3. The summed E-state index contributed by atoms with van der Waals surface area (Å²) in [5.74, 6) is -2.08. The number of amides is 2. The number of carbonyl (C=O) groups is 3. The number of aliphatic carboxylic acids is 1. The van der Waals surface area contributed by atoms with Gasteiger partial charge in [-0.2, -0.15) is 0 Å². The van der Waals surface area contributed by atoms with E-state index in [1.54, 1.807) is 17.5 Å². The molecule has 0 spiro atoms. The van der Waals surface area contributed by atoms with Crippen LogP contribution in [0.15, 0.2) is 29.6 Å². The van der Waals surface area contributed by atoms with E-state index in [1.807, 2.05) is 12.1 Å². The summed E-state index contributed by atoms with van der Waals surface area (Å²) in [6.45, 7) is -0.758. The maximum Gasteiger partial charge on any atom is 0.322 e. The lowest BCUT2D eigenvalue weighted by atomic mass is 10.2. The van der Waals surface area contributed by atoms with Crippen LogP contribution in [0.5, 0.6) is 0 Å². The van der Waals surface area contributed by atoms with Gasteiger partial charge in [-0.05, 0) is 12.1 Å². The molecule has 0 radical (unpaired) electrons. The molecular formula is C15H14ClN3O4S. The zero-order valence-electron chi connectivity index (χ0n) is 12.4. The molecule has 1 aromatic carbocycles. The number of carboxylic acid groups (broad SMARTS) is 1. The van der Waals surface area contributed by atoms with Crippen LogP contribution < -0.4 is 10.6 Å². The molecule has 0 atom stereocenters. The van der Waals surface area contributed by atoms with E-state index in [0.29, 0.717) is 10.7 Å². The van der Waals surface area contributed by atoms with E-state index < -0.39 is 18.4 Å². The van der Waals surface area contributed by atoms with Gasteiger partial charge in [-0.25, -0.2) is 4.98 Å². The second-order valence-corrected chi connectivity index (χ2v) is 6.07. The van der Waals surface area contributed by atoms with Crippen LogP contribution in [0.25, 0.3) is 10.6 Å². The smallest absolute Gasteiger partial charge is 0.322 e. The van der Waals surface area contributed by atoms with Gasteiger partial charge in [0.15, 0.2) is 0 Å². The number of halogens is 1. The summed E-state index contributed by atoms with van der Waals surface area (Å²) >= 11 is 7.25. The molecule has 0 saturated heterocycles. The van der Waals surface area contributed by atoms with Crippen LogP contribution in [0.1, 0.15) is 5.69 Å². The maximum atomic E-state index is 11.8. The van der Waals surface area contributed by atoms with Crippen molar-refractivity contribution >= 4 is 40.7 Å². The number of carbonyl (C=O) groups excluding carboxylic acids is 2. The molecule has 0 unspecified atom stereocenters. The van der Waals surface area contributed by atoms with E-state index in [4.69, 9.17) is 16.7 Å². The Morgan fingerprint density at radius 2 is 1.75 bits per heavy atom. The second-order valence-electron chi connectivity index (χ2n) is 4.77. The predicted octanol–water partition coefficient (Wildman–Crippen LogP) is 1.32. The number of thiazole rings is 1. The molecular weight excluding hydrogens is 354 g/mol. The number of carboxylic acids is 1. The van der Waals surface area contributed by atoms with Crippen molar-refractivity contribution in [3.8, 4) is 10.6 Å². The van der Waals surface area contributed by atoms with E-state index in [1.165, 1.54) is 11.3 Å². The van der Waals surface area contributed by atoms with Gasteiger partial charge in [0.2, 0.25) is 11.8 Å². The molecule has 0 fully saturated rings. The Labute approximate surface area is 146 Å². The van der Waals surface area contributed by atoms with Crippen molar-refractivity contribution < 1.29 is 19.5 Å². The fraction of sp³-hybridized carbons (Fsp3) is 0.200. The Bertz CT molecular complexity index is 745. The van der Waals surface area contributed by atoms with E-state index in [2.05, 4.69) is 15.6 Å². The van der Waals surface area contributed by atoms with Crippen LogP contribution in [-0.4, -0.2) is 41.0 Å². The number of rotatable bonds is 7. The van der Waals surface area contributed by atoms with E-state index in [0.717, 1.165) is 10.6 Å². The molecule has 2 aromatic rings. The second kappa shape index (κ2) is 8.42. The molecule has 0 aliphatic heterocycles. The van der Waals surface area contributed by atoms with Gasteiger partial charge in [0.05, 0.1) is 18.7 Å². The highest BCUT2D eigenvalue weighted by Gasteiger charge is 2.11. The van der Waals surface area contributed by atoms with Crippen LogP contribution in [-0.2, 0) is 20.8 Å². The van der Waals surface area contributed by atoms with Gasteiger partial charge in [-0.15, -0.1) is 11.3 Å². The Balaban J connectivity index is 1.83. The molecule has 1 heterocycles. The number of hydrogen-bond acceptors (Lipinski definition) is 5. The summed E-state index contributed by atoms with van der Waals surface area (Å²) in [5.41, 5.74) is 1.50. The lowest BCUT2D eigenvalue weighted by Crippen LogP contribution is -2.39. The minimum atomic E-state index is -1.15. The van der Waals surface area contributed by atoms with E-state index in [-0.39, 0.29) is 18.9 Å². The summed E-state index contributed by atoms with van der Waals surface area (Å²) in [5, 5.41) is 16.2. The maximum absolute atomic E-state index is 11.8. The molecule has 3 N–H and O–H groups in total. The van der Waals surface area contributed by atoms with Crippen LogP contribution in [0.2, 0.25) is 5.02 Å². The van der Waals surface area contributed by atoms with Gasteiger partial charge in [-0.3, -0.25) is 14.4 Å². The topological polar surface area (TPSA) is 108 Å². The first-order valence-corrected chi connectivity index (χ1v) is 8.15. The first-order valence-electron chi connectivity index (χ1n) is 6.89. The molecule has 2 amide bonds. The first-order chi connectivity index (χ1) is 11.4. The van der Waals surface area contributed by atoms with Crippen molar-refractivity contribution in [2.45, 2.75) is 6.42 Å². The lowest BCUT2D eigenvalue weighted by Gasteiger charge is -2.04. The fourth-order valence-corrected chi connectivity index (χ4v) is 2.71. The number of nitrogens with one attached hydrogen (secondary N) is 2. The molecule has 1 aromatic heterocycles. The van der Waals surface area contributed by atoms with Crippen LogP contribution in [0.4, 0.5) is 0 Å². The van der Waals surface area contributed by atoms with Gasteiger partial charge in [0.25, 0.3) is 0 Å². The Morgan fingerprint density at radius 3 is 2.42 bits per heavy atom. The van der Waals surface area contributed by atoms with Gasteiger partial charge in [-0.1, -0.05) is 23.7 Å². The minimum absolute atomic E-state index is 0.0380. The zero-order chi connectivity index (χ0) is 17.5. The summed E-state index contributed by atoms with van der Waals surface area (Å²) < 4.78 is 0. The highest BCUT2D eigenvalue weighted by Crippen LogP contribution is 2.25. The van der Waals surface area contributed by atoms with Crippen molar-refractivity contribution in [3.63, 3.8) is 0 Å². The SMILES string of the molecule is O=C(O)CNC(=O)CNC(=O)Cc1csc(-c2ccc(Cl)cc2)n1. The molecule has 9 heteroatoms. The Hall–Kier alpha value is -2.45. The van der Waals surface area contributed by atoms with Crippen LogP contribution in [0, 0.1) is 0 Å². The Morgan fingerprint density at radius 1 is 1.08 bits per heavy atom. The zero-order valence-corrected chi connectivity index (χ0v) is 14.0. The predicted molar refractivity (Wildman–Crippen MR) is 89.9 cm³/mol. The van der Waals surface area contributed by atoms with E-state index >= 15 is 0 Å². The van der Waals surface area contributed by atoms with Crippen molar-refractivity contribution in [2.75, 3.05) is 13.1 Å². The largest absolute Gasteiger partial charge is 0.480 e. The monoisotopic (exact) mass is 367 g/mol. The number of benzene rings is 1. The number of nitrogens with zero attached hydrogens (tertiary/aromatic N) is 1. The third kappa shape index (κ3) is 5.64. The van der Waals surface area contributed by atoms with Gasteiger partial charge in [0.1, 0.15) is 11.6 Å². The third-order valence-electron chi connectivity index (χ3n) is 2.87. The molecule has 126 valence electrons. The molecule has 24 heavy (non-hydrogen) atoms. The van der Waals surface area contributed by atoms with Crippen molar-refractivity contribution in [2.24, 2.45) is 0 Å². The van der Waals surface area contributed by atoms with Crippen molar-refractivity contribution in [1.29, 1.82) is 0 Å².